The van der Waals surface area contributed by atoms with Crippen LogP contribution in [0.5, 0.6) is 0 Å². The van der Waals surface area contributed by atoms with Crippen molar-refractivity contribution >= 4 is 45.0 Å². The van der Waals surface area contributed by atoms with Crippen molar-refractivity contribution in [3.8, 4) is 0 Å². The fourth-order valence-electron chi connectivity index (χ4n) is 1.57. The van der Waals surface area contributed by atoms with Crippen LogP contribution < -0.4 is 10.6 Å². The third kappa shape index (κ3) is 3.83. The number of aromatic nitrogens is 2. The standard InChI is InChI=1S/C13H14BrFN4S/c1-3-16-11-7-12(19-13(18-11)20-2)17-8-4-5-10(15)9(14)6-8/h4-7H,3H2,1-2H3,(H2,16,17,18,19). The second-order valence-corrected chi connectivity index (χ2v) is 5.54. The molecule has 0 saturated heterocycles. The summed E-state index contributed by atoms with van der Waals surface area (Å²) in [6.07, 6.45) is 1.92. The van der Waals surface area contributed by atoms with E-state index < -0.39 is 0 Å². The molecule has 1 heterocycles. The fourth-order valence-corrected chi connectivity index (χ4v) is 2.33. The first kappa shape index (κ1) is 15.1. The Hall–Kier alpha value is -1.34. The molecular weight excluding hydrogens is 343 g/mol. The molecule has 4 nitrogen and oxygen atoms in total. The Bertz CT molecular complexity index is 609. The first-order valence-corrected chi connectivity index (χ1v) is 8.03. The molecule has 0 bridgehead atoms. The zero-order valence-corrected chi connectivity index (χ0v) is 13.5. The average Bonchev–Trinajstić information content (AvgIpc) is 2.43. The number of nitrogens with zero attached hydrogens (tertiary/aromatic N) is 2. The van der Waals surface area contributed by atoms with Gasteiger partial charge in [-0.1, -0.05) is 11.8 Å². The first-order chi connectivity index (χ1) is 9.62. The van der Waals surface area contributed by atoms with Gasteiger partial charge >= 0.3 is 0 Å². The summed E-state index contributed by atoms with van der Waals surface area (Å²) in [4.78, 5) is 8.72. The number of hydrogen-bond donors (Lipinski definition) is 2. The van der Waals surface area contributed by atoms with Gasteiger partial charge in [0.1, 0.15) is 17.5 Å². The molecule has 0 radical (unpaired) electrons. The molecule has 0 unspecified atom stereocenters. The lowest BCUT2D eigenvalue weighted by molar-refractivity contribution is 0.621. The van der Waals surface area contributed by atoms with Crippen LogP contribution in [0.2, 0.25) is 0 Å². The minimum atomic E-state index is -0.295. The van der Waals surface area contributed by atoms with Gasteiger partial charge in [-0.3, -0.25) is 0 Å². The van der Waals surface area contributed by atoms with Crippen LogP contribution in [-0.2, 0) is 0 Å². The van der Waals surface area contributed by atoms with Crippen LogP contribution in [0.1, 0.15) is 6.92 Å². The smallest absolute Gasteiger partial charge is 0.191 e. The molecule has 2 rings (SSSR count). The SMILES string of the molecule is CCNc1cc(Nc2ccc(F)c(Br)c2)nc(SC)n1. The van der Waals surface area contributed by atoms with Crippen LogP contribution in [0.15, 0.2) is 33.9 Å². The highest BCUT2D eigenvalue weighted by Gasteiger charge is 2.05. The Kier molecular flexibility index (Phi) is 5.19. The Morgan fingerprint density at radius 3 is 2.65 bits per heavy atom. The third-order valence-electron chi connectivity index (χ3n) is 2.44. The van der Waals surface area contributed by atoms with Crippen molar-refractivity contribution in [1.29, 1.82) is 0 Å². The number of thioether (sulfide) groups is 1. The number of benzene rings is 1. The van der Waals surface area contributed by atoms with Crippen molar-refractivity contribution in [2.75, 3.05) is 23.4 Å². The second kappa shape index (κ2) is 6.90. The van der Waals surface area contributed by atoms with Gasteiger partial charge in [0.05, 0.1) is 4.47 Å². The molecule has 0 aliphatic heterocycles. The number of hydrogen-bond acceptors (Lipinski definition) is 5. The summed E-state index contributed by atoms with van der Waals surface area (Å²) >= 11 is 4.63. The number of halogens is 2. The molecule has 0 atom stereocenters. The van der Waals surface area contributed by atoms with Gasteiger partial charge in [0, 0.05) is 18.3 Å². The summed E-state index contributed by atoms with van der Waals surface area (Å²) in [6.45, 7) is 2.79. The maximum absolute atomic E-state index is 13.2. The summed E-state index contributed by atoms with van der Waals surface area (Å²) in [6, 6.07) is 6.55. The fraction of sp³-hybridized carbons (Fsp3) is 0.231. The third-order valence-corrected chi connectivity index (χ3v) is 3.59. The van der Waals surface area contributed by atoms with E-state index in [-0.39, 0.29) is 5.82 Å². The van der Waals surface area contributed by atoms with E-state index in [0.717, 1.165) is 18.1 Å². The molecule has 1 aromatic heterocycles. The van der Waals surface area contributed by atoms with Crippen molar-refractivity contribution in [2.24, 2.45) is 0 Å². The van der Waals surface area contributed by atoms with E-state index in [1.54, 1.807) is 12.1 Å². The molecule has 0 amide bonds. The molecule has 0 spiro atoms. The molecule has 20 heavy (non-hydrogen) atoms. The minimum absolute atomic E-state index is 0.295. The lowest BCUT2D eigenvalue weighted by Crippen LogP contribution is -2.03. The maximum Gasteiger partial charge on any atom is 0.191 e. The van der Waals surface area contributed by atoms with Crippen LogP contribution >= 0.6 is 27.7 Å². The van der Waals surface area contributed by atoms with Crippen LogP contribution in [0.3, 0.4) is 0 Å². The topological polar surface area (TPSA) is 49.8 Å². The summed E-state index contributed by atoms with van der Waals surface area (Å²) in [7, 11) is 0. The second-order valence-electron chi connectivity index (χ2n) is 3.91. The van der Waals surface area contributed by atoms with Crippen LogP contribution in [0.4, 0.5) is 21.7 Å². The maximum atomic E-state index is 13.2. The van der Waals surface area contributed by atoms with E-state index in [4.69, 9.17) is 0 Å². The number of nitrogens with one attached hydrogen (secondary N) is 2. The highest BCUT2D eigenvalue weighted by molar-refractivity contribution is 9.10. The van der Waals surface area contributed by atoms with E-state index in [2.05, 4.69) is 36.5 Å². The van der Waals surface area contributed by atoms with Crippen molar-refractivity contribution in [1.82, 2.24) is 9.97 Å². The van der Waals surface area contributed by atoms with Crippen LogP contribution in [0.25, 0.3) is 0 Å². The van der Waals surface area contributed by atoms with E-state index in [1.165, 1.54) is 17.8 Å². The zero-order chi connectivity index (χ0) is 14.5. The molecule has 0 aliphatic carbocycles. The molecule has 2 N–H and O–H groups in total. The monoisotopic (exact) mass is 356 g/mol. The van der Waals surface area contributed by atoms with Crippen molar-refractivity contribution in [3.05, 3.63) is 34.6 Å². The minimum Gasteiger partial charge on any atom is -0.370 e. The molecule has 0 fully saturated rings. The number of rotatable bonds is 5. The first-order valence-electron chi connectivity index (χ1n) is 6.01. The van der Waals surface area contributed by atoms with E-state index in [9.17, 15) is 4.39 Å². The van der Waals surface area contributed by atoms with Gasteiger partial charge in [-0.25, -0.2) is 14.4 Å². The molecule has 106 valence electrons. The summed E-state index contributed by atoms with van der Waals surface area (Å²) in [5, 5.41) is 6.97. The predicted molar refractivity (Wildman–Crippen MR) is 85.4 cm³/mol. The zero-order valence-electron chi connectivity index (χ0n) is 11.1. The molecule has 2 aromatic rings. The Morgan fingerprint density at radius 2 is 2.00 bits per heavy atom. The lowest BCUT2D eigenvalue weighted by Gasteiger charge is -2.10. The molecule has 0 saturated carbocycles. The molecule has 0 aliphatic rings. The van der Waals surface area contributed by atoms with Gasteiger partial charge in [-0.15, -0.1) is 0 Å². The van der Waals surface area contributed by atoms with Gasteiger partial charge in [0.15, 0.2) is 5.16 Å². The number of anilines is 3. The van der Waals surface area contributed by atoms with Crippen molar-refractivity contribution in [2.45, 2.75) is 12.1 Å². The molecular formula is C13H14BrFN4S. The Labute approximate surface area is 129 Å². The van der Waals surface area contributed by atoms with Crippen molar-refractivity contribution in [3.63, 3.8) is 0 Å². The Balaban J connectivity index is 2.27. The van der Waals surface area contributed by atoms with Crippen LogP contribution in [0, 0.1) is 5.82 Å². The summed E-state index contributed by atoms with van der Waals surface area (Å²) < 4.78 is 13.6. The van der Waals surface area contributed by atoms with Gasteiger partial charge < -0.3 is 10.6 Å². The molecule has 7 heteroatoms. The van der Waals surface area contributed by atoms with E-state index >= 15 is 0 Å². The summed E-state index contributed by atoms with van der Waals surface area (Å²) in [5.41, 5.74) is 0.756. The van der Waals surface area contributed by atoms with Gasteiger partial charge in [0.25, 0.3) is 0 Å². The lowest BCUT2D eigenvalue weighted by atomic mass is 10.3. The highest BCUT2D eigenvalue weighted by Crippen LogP contribution is 2.24. The largest absolute Gasteiger partial charge is 0.370 e. The normalized spacial score (nSPS) is 10.4. The van der Waals surface area contributed by atoms with Crippen molar-refractivity contribution < 1.29 is 4.39 Å². The summed E-state index contributed by atoms with van der Waals surface area (Å²) in [5.74, 6) is 1.13. The van der Waals surface area contributed by atoms with E-state index in [1.807, 2.05) is 19.2 Å². The van der Waals surface area contributed by atoms with Gasteiger partial charge in [0.2, 0.25) is 0 Å². The van der Waals surface area contributed by atoms with Gasteiger partial charge in [-0.2, -0.15) is 0 Å². The van der Waals surface area contributed by atoms with Gasteiger partial charge in [-0.05, 0) is 47.3 Å². The quantitative estimate of drug-likeness (QED) is 0.618. The average molecular weight is 357 g/mol. The predicted octanol–water partition coefficient (Wildman–Crippen LogP) is 4.28. The van der Waals surface area contributed by atoms with E-state index in [0.29, 0.717) is 15.4 Å². The van der Waals surface area contributed by atoms with Crippen LogP contribution in [-0.4, -0.2) is 22.8 Å². The highest BCUT2D eigenvalue weighted by atomic mass is 79.9. The molecule has 1 aromatic carbocycles. The Morgan fingerprint density at radius 1 is 1.25 bits per heavy atom.